The zero-order valence-corrected chi connectivity index (χ0v) is 13.6. The molecule has 0 radical (unpaired) electrons. The molecule has 1 aliphatic heterocycles. The molecule has 2 atom stereocenters. The van der Waals surface area contributed by atoms with Gasteiger partial charge < -0.3 is 10.0 Å². The maximum Gasteiger partial charge on any atom is 0.242 e. The minimum Gasteiger partial charge on any atom is -0.393 e. The smallest absolute Gasteiger partial charge is 0.242 e. The van der Waals surface area contributed by atoms with Crippen molar-refractivity contribution < 1.29 is 13.5 Å². The molecular weight excluding hydrogens is 288 g/mol. The van der Waals surface area contributed by atoms with E-state index in [0.29, 0.717) is 17.1 Å². The third kappa shape index (κ3) is 3.75. The molecule has 1 fully saturated rings. The van der Waals surface area contributed by atoms with Gasteiger partial charge in [-0.25, -0.2) is 13.1 Å². The quantitative estimate of drug-likeness (QED) is 0.866. The van der Waals surface area contributed by atoms with Crippen LogP contribution in [0.4, 0.5) is 5.69 Å². The Balaban J connectivity index is 2.30. The van der Waals surface area contributed by atoms with Crippen LogP contribution in [0.25, 0.3) is 0 Å². The molecule has 118 valence electrons. The van der Waals surface area contributed by atoms with Gasteiger partial charge in [0.05, 0.1) is 11.8 Å². The number of nitrogens with zero attached hydrogens (tertiary/aromatic N) is 1. The van der Waals surface area contributed by atoms with Gasteiger partial charge in [-0.1, -0.05) is 12.1 Å². The first-order valence-electron chi connectivity index (χ1n) is 7.35. The molecule has 0 aliphatic carbocycles. The molecule has 21 heavy (non-hydrogen) atoms. The van der Waals surface area contributed by atoms with Crippen LogP contribution >= 0.6 is 0 Å². The van der Waals surface area contributed by atoms with Gasteiger partial charge in [-0.3, -0.25) is 0 Å². The fraction of sp³-hybridized carbons (Fsp3) is 0.600. The highest BCUT2D eigenvalue weighted by Crippen LogP contribution is 2.31. The van der Waals surface area contributed by atoms with Gasteiger partial charge >= 0.3 is 0 Å². The van der Waals surface area contributed by atoms with Crippen LogP contribution in [0, 0.1) is 5.92 Å². The van der Waals surface area contributed by atoms with Crippen molar-refractivity contribution in [2.45, 2.75) is 44.2 Å². The predicted octanol–water partition coefficient (Wildman–Crippen LogP) is 1.58. The summed E-state index contributed by atoms with van der Waals surface area (Å²) in [7, 11) is -3.52. The summed E-state index contributed by atoms with van der Waals surface area (Å²) in [5.41, 5.74) is 0.716. The van der Waals surface area contributed by atoms with Crippen LogP contribution in [0.2, 0.25) is 0 Å². The summed E-state index contributed by atoms with van der Waals surface area (Å²) in [6, 6.07) is 6.90. The number of aliphatic hydroxyl groups excluding tert-OH is 1. The van der Waals surface area contributed by atoms with Crippen molar-refractivity contribution in [2.75, 3.05) is 18.0 Å². The zero-order valence-electron chi connectivity index (χ0n) is 12.8. The molecule has 1 heterocycles. The summed E-state index contributed by atoms with van der Waals surface area (Å²) in [5.74, 6) is 0.193. The van der Waals surface area contributed by atoms with Gasteiger partial charge in [0.15, 0.2) is 0 Å². The zero-order chi connectivity index (χ0) is 15.6. The van der Waals surface area contributed by atoms with Gasteiger partial charge in [0, 0.05) is 25.0 Å². The first-order valence-corrected chi connectivity index (χ1v) is 8.84. The van der Waals surface area contributed by atoms with Crippen molar-refractivity contribution in [1.82, 2.24) is 4.72 Å². The molecule has 5 nitrogen and oxygen atoms in total. The van der Waals surface area contributed by atoms with Crippen LogP contribution in [0.1, 0.15) is 27.2 Å². The summed E-state index contributed by atoms with van der Waals surface area (Å²) in [4.78, 5) is 2.36. The maximum absolute atomic E-state index is 12.4. The van der Waals surface area contributed by atoms with E-state index in [4.69, 9.17) is 0 Å². The topological polar surface area (TPSA) is 69.6 Å². The Labute approximate surface area is 127 Å². The van der Waals surface area contributed by atoms with Crippen molar-refractivity contribution in [1.29, 1.82) is 0 Å². The first kappa shape index (κ1) is 16.3. The molecule has 0 saturated carbocycles. The van der Waals surface area contributed by atoms with Gasteiger partial charge in [-0.05, 0) is 39.3 Å². The fourth-order valence-corrected chi connectivity index (χ4v) is 4.20. The van der Waals surface area contributed by atoms with E-state index in [1.54, 1.807) is 32.9 Å². The van der Waals surface area contributed by atoms with E-state index in [1.165, 1.54) is 0 Å². The number of para-hydroxylation sites is 1. The van der Waals surface area contributed by atoms with Crippen LogP contribution in [0.3, 0.4) is 0 Å². The van der Waals surface area contributed by atoms with Gasteiger partial charge in [0.1, 0.15) is 4.90 Å². The molecule has 0 amide bonds. The van der Waals surface area contributed by atoms with Crippen molar-refractivity contribution in [3.8, 4) is 0 Å². The largest absolute Gasteiger partial charge is 0.393 e. The monoisotopic (exact) mass is 312 g/mol. The normalized spacial score (nSPS) is 21.0. The molecular formula is C15H24N2O3S. The Morgan fingerprint density at radius 3 is 2.52 bits per heavy atom. The van der Waals surface area contributed by atoms with E-state index >= 15 is 0 Å². The minimum atomic E-state index is -3.52. The molecule has 6 heteroatoms. The molecule has 1 aromatic carbocycles. The van der Waals surface area contributed by atoms with Gasteiger partial charge in [0.25, 0.3) is 0 Å². The molecule has 2 unspecified atom stereocenters. The van der Waals surface area contributed by atoms with Crippen LogP contribution in [-0.4, -0.2) is 38.8 Å². The summed E-state index contributed by atoms with van der Waals surface area (Å²) in [5, 5.41) is 9.71. The van der Waals surface area contributed by atoms with E-state index in [-0.39, 0.29) is 18.1 Å². The van der Waals surface area contributed by atoms with Crippen LogP contribution in [-0.2, 0) is 10.0 Å². The number of sulfonamides is 1. The summed E-state index contributed by atoms with van der Waals surface area (Å²) in [6.07, 6.45) is 0.511. The highest BCUT2D eigenvalue weighted by atomic mass is 32.2. The van der Waals surface area contributed by atoms with Gasteiger partial charge in [0.2, 0.25) is 10.0 Å². The minimum absolute atomic E-state index is 0.146. The highest BCUT2D eigenvalue weighted by Gasteiger charge is 2.29. The Kier molecular flexibility index (Phi) is 4.91. The second kappa shape index (κ2) is 6.34. The van der Waals surface area contributed by atoms with Gasteiger partial charge in [-0.2, -0.15) is 0 Å². The summed E-state index contributed by atoms with van der Waals surface area (Å²) in [6.45, 7) is 6.85. The number of benzene rings is 1. The molecule has 0 aromatic heterocycles. The van der Waals surface area contributed by atoms with Crippen molar-refractivity contribution >= 4 is 15.7 Å². The van der Waals surface area contributed by atoms with Crippen molar-refractivity contribution in [3.05, 3.63) is 24.3 Å². The standard InChI is InChI=1S/C15H24N2O3S/c1-11(2)16-21(19,20)15-7-5-4-6-14(15)17-9-8-13(10-17)12(3)18/h4-7,11-13,16,18H,8-10H2,1-3H3. The first-order chi connectivity index (χ1) is 9.81. The molecule has 1 saturated heterocycles. The van der Waals surface area contributed by atoms with E-state index < -0.39 is 10.0 Å². The molecule has 2 rings (SSSR count). The van der Waals surface area contributed by atoms with E-state index in [9.17, 15) is 13.5 Å². The number of hydrogen-bond acceptors (Lipinski definition) is 4. The molecule has 0 spiro atoms. The Bertz CT molecular complexity index is 584. The van der Waals surface area contributed by atoms with Gasteiger partial charge in [-0.15, -0.1) is 0 Å². The lowest BCUT2D eigenvalue weighted by molar-refractivity contribution is 0.136. The average Bonchev–Trinajstić information content (AvgIpc) is 2.87. The average molecular weight is 312 g/mol. The third-order valence-electron chi connectivity index (χ3n) is 3.79. The Hall–Kier alpha value is -1.11. The molecule has 1 aromatic rings. The SMILES string of the molecule is CC(C)NS(=O)(=O)c1ccccc1N1CCC(C(C)O)C1. The third-order valence-corrected chi connectivity index (χ3v) is 5.50. The number of hydrogen-bond donors (Lipinski definition) is 2. The second-order valence-corrected chi connectivity index (χ2v) is 7.66. The van der Waals surface area contributed by atoms with E-state index in [2.05, 4.69) is 4.72 Å². The van der Waals surface area contributed by atoms with E-state index in [1.807, 2.05) is 17.0 Å². The molecule has 0 bridgehead atoms. The van der Waals surface area contributed by atoms with Crippen LogP contribution in [0.15, 0.2) is 29.2 Å². The van der Waals surface area contributed by atoms with E-state index in [0.717, 1.165) is 13.0 Å². The lowest BCUT2D eigenvalue weighted by atomic mass is 10.0. The molecule has 1 aliphatic rings. The number of aliphatic hydroxyl groups is 1. The van der Waals surface area contributed by atoms with Crippen LogP contribution < -0.4 is 9.62 Å². The molecule has 2 N–H and O–H groups in total. The Morgan fingerprint density at radius 2 is 1.95 bits per heavy atom. The number of rotatable bonds is 5. The van der Waals surface area contributed by atoms with Crippen LogP contribution in [0.5, 0.6) is 0 Å². The number of anilines is 1. The Morgan fingerprint density at radius 1 is 1.29 bits per heavy atom. The predicted molar refractivity (Wildman–Crippen MR) is 83.9 cm³/mol. The maximum atomic E-state index is 12.4. The number of nitrogens with one attached hydrogen (secondary N) is 1. The summed E-state index contributed by atoms with van der Waals surface area (Å²) < 4.78 is 27.5. The lowest BCUT2D eigenvalue weighted by Gasteiger charge is -2.23. The highest BCUT2D eigenvalue weighted by molar-refractivity contribution is 7.89. The lowest BCUT2D eigenvalue weighted by Crippen LogP contribution is -2.32. The fourth-order valence-electron chi connectivity index (χ4n) is 2.72. The summed E-state index contributed by atoms with van der Waals surface area (Å²) >= 11 is 0. The van der Waals surface area contributed by atoms with Crippen molar-refractivity contribution in [3.63, 3.8) is 0 Å². The van der Waals surface area contributed by atoms with Crippen molar-refractivity contribution in [2.24, 2.45) is 5.92 Å². The second-order valence-electron chi connectivity index (χ2n) is 5.98.